The molecule has 144 valence electrons. The largest absolute Gasteiger partial charge is 0.356 e. The molecule has 2 rings (SSSR count). The lowest BCUT2D eigenvalue weighted by Gasteiger charge is -2.27. The number of benzene rings is 1. The van der Waals surface area contributed by atoms with Gasteiger partial charge in [0.15, 0.2) is 0 Å². The number of carbonyl (C=O) groups is 2. The second-order valence-corrected chi connectivity index (χ2v) is 7.80. The van der Waals surface area contributed by atoms with Gasteiger partial charge < -0.3 is 15.5 Å². The molecule has 5 heteroatoms. The number of carbonyl (C=O) groups excluding carboxylic acids is 2. The van der Waals surface area contributed by atoms with Gasteiger partial charge in [0.25, 0.3) is 0 Å². The van der Waals surface area contributed by atoms with E-state index in [2.05, 4.69) is 15.5 Å². The first-order valence-electron chi connectivity index (χ1n) is 9.67. The van der Waals surface area contributed by atoms with Gasteiger partial charge in [0.05, 0.1) is 0 Å². The lowest BCUT2D eigenvalue weighted by molar-refractivity contribution is -0.128. The number of nitrogens with zero attached hydrogens (tertiary/aromatic N) is 1. The van der Waals surface area contributed by atoms with Crippen LogP contribution in [-0.4, -0.2) is 43.9 Å². The van der Waals surface area contributed by atoms with E-state index in [0.717, 1.165) is 62.0 Å². The third kappa shape index (κ3) is 6.13. The maximum atomic E-state index is 12.6. The Hall–Kier alpha value is -1.88. The average molecular weight is 360 g/mol. The molecule has 0 spiro atoms. The van der Waals surface area contributed by atoms with Crippen molar-refractivity contribution < 1.29 is 9.59 Å². The monoisotopic (exact) mass is 359 g/mol. The van der Waals surface area contributed by atoms with Crippen LogP contribution in [0.1, 0.15) is 43.2 Å². The van der Waals surface area contributed by atoms with Gasteiger partial charge in [-0.2, -0.15) is 0 Å². The molecule has 26 heavy (non-hydrogen) atoms. The Balaban J connectivity index is 1.76. The van der Waals surface area contributed by atoms with E-state index in [1.165, 1.54) is 0 Å². The van der Waals surface area contributed by atoms with E-state index in [0.29, 0.717) is 0 Å². The highest BCUT2D eigenvalue weighted by Crippen LogP contribution is 2.30. The number of rotatable bonds is 7. The summed E-state index contributed by atoms with van der Waals surface area (Å²) in [6, 6.07) is 6.09. The summed E-state index contributed by atoms with van der Waals surface area (Å²) >= 11 is 0. The molecule has 0 unspecified atom stereocenters. The van der Waals surface area contributed by atoms with Crippen LogP contribution in [0.25, 0.3) is 0 Å². The fraction of sp³-hybridized carbons (Fsp3) is 0.619. The summed E-state index contributed by atoms with van der Waals surface area (Å²) in [5.74, 6) is 0.299. The molecule has 1 aliphatic rings. The van der Waals surface area contributed by atoms with Gasteiger partial charge in [-0.15, -0.1) is 0 Å². The zero-order valence-corrected chi connectivity index (χ0v) is 16.6. The van der Waals surface area contributed by atoms with E-state index in [-0.39, 0.29) is 23.7 Å². The predicted octanol–water partition coefficient (Wildman–Crippen LogP) is 3.12. The normalized spacial score (nSPS) is 20.0. The van der Waals surface area contributed by atoms with Crippen molar-refractivity contribution in [2.24, 2.45) is 11.8 Å². The maximum absolute atomic E-state index is 12.6. The summed E-state index contributed by atoms with van der Waals surface area (Å²) in [5, 5.41) is 6.11. The zero-order chi connectivity index (χ0) is 19.1. The van der Waals surface area contributed by atoms with E-state index in [4.69, 9.17) is 0 Å². The second kappa shape index (κ2) is 9.72. The fourth-order valence-electron chi connectivity index (χ4n) is 3.47. The molecule has 0 bridgehead atoms. The molecule has 1 fully saturated rings. The number of anilines is 1. The van der Waals surface area contributed by atoms with Crippen molar-refractivity contribution >= 4 is 17.5 Å². The van der Waals surface area contributed by atoms with Gasteiger partial charge in [-0.25, -0.2) is 0 Å². The molecule has 0 saturated heterocycles. The average Bonchev–Trinajstić information content (AvgIpc) is 2.61. The van der Waals surface area contributed by atoms with E-state index >= 15 is 0 Å². The third-order valence-corrected chi connectivity index (χ3v) is 5.20. The second-order valence-electron chi connectivity index (χ2n) is 7.80. The van der Waals surface area contributed by atoms with Crippen molar-refractivity contribution in [2.45, 2.75) is 46.0 Å². The molecule has 2 amide bonds. The van der Waals surface area contributed by atoms with Gasteiger partial charge in [-0.05, 0) is 83.8 Å². The van der Waals surface area contributed by atoms with E-state index < -0.39 is 0 Å². The van der Waals surface area contributed by atoms with Gasteiger partial charge in [-0.3, -0.25) is 9.59 Å². The first-order chi connectivity index (χ1) is 12.4. The molecule has 0 atom stereocenters. The molecular formula is C21H33N3O2. The number of hydrogen-bond donors (Lipinski definition) is 2. The molecule has 0 aliphatic heterocycles. The van der Waals surface area contributed by atoms with Gasteiger partial charge >= 0.3 is 0 Å². The van der Waals surface area contributed by atoms with Crippen molar-refractivity contribution in [3.05, 3.63) is 29.3 Å². The molecule has 0 radical (unpaired) electrons. The Bertz CT molecular complexity index is 620. The summed E-state index contributed by atoms with van der Waals surface area (Å²) < 4.78 is 0. The minimum Gasteiger partial charge on any atom is -0.356 e. The Morgan fingerprint density at radius 3 is 2.27 bits per heavy atom. The van der Waals surface area contributed by atoms with Crippen LogP contribution in [-0.2, 0) is 9.59 Å². The van der Waals surface area contributed by atoms with Gasteiger partial charge in [0, 0.05) is 24.1 Å². The molecule has 2 N–H and O–H groups in total. The maximum Gasteiger partial charge on any atom is 0.227 e. The van der Waals surface area contributed by atoms with Crippen LogP contribution in [0.3, 0.4) is 0 Å². The van der Waals surface area contributed by atoms with Crippen LogP contribution < -0.4 is 10.6 Å². The van der Waals surface area contributed by atoms with Crippen molar-refractivity contribution in [3.8, 4) is 0 Å². The molecule has 1 aliphatic carbocycles. The Morgan fingerprint density at radius 1 is 1.04 bits per heavy atom. The first kappa shape index (κ1) is 20.4. The van der Waals surface area contributed by atoms with Crippen LogP contribution in [0.15, 0.2) is 18.2 Å². The highest BCUT2D eigenvalue weighted by atomic mass is 16.2. The Labute approximate surface area is 157 Å². The standard InChI is InChI=1S/C21H33N3O2/c1-15-6-7-16(2)19(14-15)23-21(26)18-10-8-17(9-11-18)20(25)22-12-5-13-24(3)4/h6-7,14,17-18H,5,8-13H2,1-4H3,(H,22,25)(H,23,26). The molecule has 1 saturated carbocycles. The third-order valence-electron chi connectivity index (χ3n) is 5.20. The number of nitrogens with one attached hydrogen (secondary N) is 2. The Kier molecular flexibility index (Phi) is 7.64. The van der Waals surface area contributed by atoms with Crippen LogP contribution >= 0.6 is 0 Å². The van der Waals surface area contributed by atoms with E-state index in [1.807, 2.05) is 46.1 Å². The first-order valence-corrected chi connectivity index (χ1v) is 9.67. The molecule has 5 nitrogen and oxygen atoms in total. The quantitative estimate of drug-likeness (QED) is 0.736. The SMILES string of the molecule is Cc1ccc(C)c(NC(=O)C2CCC(C(=O)NCCCN(C)C)CC2)c1. The molecule has 0 heterocycles. The summed E-state index contributed by atoms with van der Waals surface area (Å²) in [7, 11) is 4.07. The molecule has 1 aromatic rings. The fourth-order valence-corrected chi connectivity index (χ4v) is 3.47. The van der Waals surface area contributed by atoms with Crippen molar-refractivity contribution in [3.63, 3.8) is 0 Å². The minimum atomic E-state index is 0.00713. The summed E-state index contributed by atoms with van der Waals surface area (Å²) in [4.78, 5) is 27.0. The van der Waals surface area contributed by atoms with Crippen molar-refractivity contribution in [2.75, 3.05) is 32.5 Å². The van der Waals surface area contributed by atoms with Gasteiger partial charge in [0.1, 0.15) is 0 Å². The topological polar surface area (TPSA) is 61.4 Å². The number of aryl methyl sites for hydroxylation is 2. The van der Waals surface area contributed by atoms with Crippen LogP contribution in [0, 0.1) is 25.7 Å². The van der Waals surface area contributed by atoms with Gasteiger partial charge in [-0.1, -0.05) is 12.1 Å². The summed E-state index contributed by atoms with van der Waals surface area (Å²) in [5.41, 5.74) is 3.12. The zero-order valence-electron chi connectivity index (χ0n) is 16.6. The summed E-state index contributed by atoms with van der Waals surface area (Å²) in [6.07, 6.45) is 4.13. The van der Waals surface area contributed by atoms with Gasteiger partial charge in [0.2, 0.25) is 11.8 Å². The van der Waals surface area contributed by atoms with Crippen LogP contribution in [0.4, 0.5) is 5.69 Å². The van der Waals surface area contributed by atoms with Crippen LogP contribution in [0.2, 0.25) is 0 Å². The van der Waals surface area contributed by atoms with E-state index in [9.17, 15) is 9.59 Å². The highest BCUT2D eigenvalue weighted by Gasteiger charge is 2.29. The van der Waals surface area contributed by atoms with Crippen molar-refractivity contribution in [1.29, 1.82) is 0 Å². The Morgan fingerprint density at radius 2 is 1.65 bits per heavy atom. The molecule has 0 aromatic heterocycles. The smallest absolute Gasteiger partial charge is 0.227 e. The lowest BCUT2D eigenvalue weighted by atomic mass is 9.81. The highest BCUT2D eigenvalue weighted by molar-refractivity contribution is 5.93. The summed E-state index contributed by atoms with van der Waals surface area (Å²) in [6.45, 7) is 5.74. The van der Waals surface area contributed by atoms with Crippen molar-refractivity contribution in [1.82, 2.24) is 10.2 Å². The van der Waals surface area contributed by atoms with E-state index in [1.54, 1.807) is 0 Å². The van der Waals surface area contributed by atoms with Crippen LogP contribution in [0.5, 0.6) is 0 Å². The number of amides is 2. The minimum absolute atomic E-state index is 0.00713. The molecular weight excluding hydrogens is 326 g/mol. The molecule has 1 aromatic carbocycles. The number of hydrogen-bond acceptors (Lipinski definition) is 3. The predicted molar refractivity (Wildman–Crippen MR) is 106 cm³/mol. The lowest BCUT2D eigenvalue weighted by Crippen LogP contribution is -2.36.